The number of aryl methyl sites for hydroxylation is 1. The van der Waals surface area contributed by atoms with Crippen LogP contribution in [0.1, 0.15) is 31.7 Å². The third-order valence-electron chi connectivity index (χ3n) is 2.96. The number of ether oxygens (including phenoxy) is 1. The summed E-state index contributed by atoms with van der Waals surface area (Å²) in [5.41, 5.74) is 1.26. The van der Waals surface area contributed by atoms with Gasteiger partial charge in [0.05, 0.1) is 6.10 Å². The first kappa shape index (κ1) is 10.5. The highest BCUT2D eigenvalue weighted by Crippen LogP contribution is 2.28. The Kier molecular flexibility index (Phi) is 3.27. The zero-order valence-corrected chi connectivity index (χ0v) is 9.15. The van der Waals surface area contributed by atoms with Crippen molar-refractivity contribution in [2.24, 2.45) is 0 Å². The molecule has 1 heterocycles. The number of aliphatic hydroxyl groups is 1. The van der Waals surface area contributed by atoms with Crippen molar-refractivity contribution in [1.29, 1.82) is 0 Å². The van der Waals surface area contributed by atoms with Gasteiger partial charge in [-0.2, -0.15) is 0 Å². The molecule has 1 aromatic carbocycles. The van der Waals surface area contributed by atoms with E-state index in [4.69, 9.17) is 4.74 Å². The molecule has 0 saturated heterocycles. The maximum Gasteiger partial charge on any atom is 0.125 e. The molecule has 82 valence electrons. The van der Waals surface area contributed by atoms with E-state index < -0.39 is 0 Å². The van der Waals surface area contributed by atoms with E-state index in [1.165, 1.54) is 5.56 Å². The number of rotatable bonds is 3. The summed E-state index contributed by atoms with van der Waals surface area (Å²) in [6, 6.07) is 8.09. The van der Waals surface area contributed by atoms with Gasteiger partial charge in [0.2, 0.25) is 0 Å². The number of aliphatic hydroxyl groups excluding tert-OH is 1. The predicted octanol–water partition coefficient (Wildman–Crippen LogP) is 2.54. The van der Waals surface area contributed by atoms with Crippen LogP contribution in [0.3, 0.4) is 0 Å². The zero-order chi connectivity index (χ0) is 10.7. The predicted molar refractivity (Wildman–Crippen MR) is 60.1 cm³/mol. The standard InChI is InChI=1S/C13H18O2/c1-2-5-11(14)13-9-8-10-6-3-4-7-12(10)15-13/h3-4,6-7,11,13-14H,2,5,8-9H2,1H3/t11-,13+/m1/s1. The Bertz CT molecular complexity index is 322. The first-order valence-electron chi connectivity index (χ1n) is 5.74. The fourth-order valence-corrected chi connectivity index (χ4v) is 2.10. The summed E-state index contributed by atoms with van der Waals surface area (Å²) in [7, 11) is 0. The molecule has 1 aliphatic heterocycles. The summed E-state index contributed by atoms with van der Waals surface area (Å²) < 4.78 is 5.80. The second-order valence-corrected chi connectivity index (χ2v) is 4.16. The van der Waals surface area contributed by atoms with E-state index in [1.54, 1.807) is 0 Å². The lowest BCUT2D eigenvalue weighted by molar-refractivity contribution is 0.0187. The fraction of sp³-hybridized carbons (Fsp3) is 0.538. The van der Waals surface area contributed by atoms with E-state index in [0.717, 1.165) is 31.4 Å². The van der Waals surface area contributed by atoms with Gasteiger partial charge >= 0.3 is 0 Å². The van der Waals surface area contributed by atoms with Crippen molar-refractivity contribution >= 4 is 0 Å². The molecule has 0 bridgehead atoms. The molecule has 0 unspecified atom stereocenters. The van der Waals surface area contributed by atoms with Crippen LogP contribution >= 0.6 is 0 Å². The Morgan fingerprint density at radius 2 is 2.27 bits per heavy atom. The summed E-state index contributed by atoms with van der Waals surface area (Å²) in [6.07, 6.45) is 3.44. The largest absolute Gasteiger partial charge is 0.487 e. The molecule has 2 rings (SSSR count). The van der Waals surface area contributed by atoms with Crippen LogP contribution in [0, 0.1) is 0 Å². The van der Waals surface area contributed by atoms with E-state index in [0.29, 0.717) is 0 Å². The summed E-state index contributed by atoms with van der Waals surface area (Å²) >= 11 is 0. The van der Waals surface area contributed by atoms with Crippen molar-refractivity contribution < 1.29 is 9.84 Å². The number of hydrogen-bond donors (Lipinski definition) is 1. The van der Waals surface area contributed by atoms with Crippen molar-refractivity contribution in [1.82, 2.24) is 0 Å². The van der Waals surface area contributed by atoms with Crippen LogP contribution < -0.4 is 4.74 Å². The minimum absolute atomic E-state index is 0.0140. The van der Waals surface area contributed by atoms with Gasteiger partial charge in [-0.1, -0.05) is 31.5 Å². The molecule has 0 aromatic heterocycles. The van der Waals surface area contributed by atoms with Gasteiger partial charge in [-0.15, -0.1) is 0 Å². The summed E-state index contributed by atoms with van der Waals surface area (Å²) in [6.45, 7) is 2.08. The number of para-hydroxylation sites is 1. The Morgan fingerprint density at radius 3 is 3.07 bits per heavy atom. The SMILES string of the molecule is CCC[C@@H](O)[C@@H]1CCc2ccccc2O1. The maximum atomic E-state index is 9.87. The minimum atomic E-state index is -0.316. The lowest BCUT2D eigenvalue weighted by atomic mass is 9.97. The maximum absolute atomic E-state index is 9.87. The monoisotopic (exact) mass is 206 g/mol. The van der Waals surface area contributed by atoms with Crippen molar-refractivity contribution in [3.05, 3.63) is 29.8 Å². The second-order valence-electron chi connectivity index (χ2n) is 4.16. The first-order valence-corrected chi connectivity index (χ1v) is 5.74. The van der Waals surface area contributed by atoms with Crippen molar-refractivity contribution in [3.8, 4) is 5.75 Å². The Hall–Kier alpha value is -1.02. The molecular formula is C13H18O2. The molecule has 1 aromatic rings. The molecule has 0 saturated carbocycles. The highest BCUT2D eigenvalue weighted by atomic mass is 16.5. The van der Waals surface area contributed by atoms with Gasteiger partial charge in [-0.05, 0) is 30.9 Å². The van der Waals surface area contributed by atoms with E-state index in [2.05, 4.69) is 13.0 Å². The zero-order valence-electron chi connectivity index (χ0n) is 9.15. The normalized spacial score (nSPS) is 21.6. The quantitative estimate of drug-likeness (QED) is 0.823. The van der Waals surface area contributed by atoms with Crippen molar-refractivity contribution in [3.63, 3.8) is 0 Å². The van der Waals surface area contributed by atoms with Gasteiger partial charge in [0, 0.05) is 0 Å². The summed E-state index contributed by atoms with van der Waals surface area (Å²) in [5, 5.41) is 9.87. The molecule has 1 aliphatic rings. The van der Waals surface area contributed by atoms with Crippen LogP contribution in [0.25, 0.3) is 0 Å². The average molecular weight is 206 g/mol. The molecule has 0 amide bonds. The van der Waals surface area contributed by atoms with E-state index in [-0.39, 0.29) is 12.2 Å². The lowest BCUT2D eigenvalue weighted by Crippen LogP contribution is -2.34. The van der Waals surface area contributed by atoms with Crippen LogP contribution in [0.4, 0.5) is 0 Å². The molecule has 2 atom stereocenters. The molecule has 0 spiro atoms. The van der Waals surface area contributed by atoms with Gasteiger partial charge in [-0.3, -0.25) is 0 Å². The first-order chi connectivity index (χ1) is 7.31. The van der Waals surface area contributed by atoms with E-state index >= 15 is 0 Å². The second kappa shape index (κ2) is 4.67. The molecule has 0 radical (unpaired) electrons. The summed E-state index contributed by atoms with van der Waals surface area (Å²) in [4.78, 5) is 0. The molecule has 2 heteroatoms. The average Bonchev–Trinajstić information content (AvgIpc) is 2.29. The Balaban J connectivity index is 2.05. The third-order valence-corrected chi connectivity index (χ3v) is 2.96. The topological polar surface area (TPSA) is 29.5 Å². The summed E-state index contributed by atoms with van der Waals surface area (Å²) in [5.74, 6) is 0.948. The minimum Gasteiger partial charge on any atom is -0.487 e. The van der Waals surface area contributed by atoms with Crippen molar-refractivity contribution in [2.75, 3.05) is 0 Å². The number of hydrogen-bond acceptors (Lipinski definition) is 2. The fourth-order valence-electron chi connectivity index (χ4n) is 2.10. The Labute approximate surface area is 90.9 Å². The third kappa shape index (κ3) is 2.32. The van der Waals surface area contributed by atoms with Gasteiger partial charge in [0.15, 0.2) is 0 Å². The Morgan fingerprint density at radius 1 is 1.47 bits per heavy atom. The lowest BCUT2D eigenvalue weighted by Gasteiger charge is -2.29. The van der Waals surface area contributed by atoms with E-state index in [9.17, 15) is 5.11 Å². The van der Waals surface area contributed by atoms with Crippen molar-refractivity contribution in [2.45, 2.75) is 44.8 Å². The van der Waals surface area contributed by atoms with Gasteiger partial charge in [0.25, 0.3) is 0 Å². The van der Waals surface area contributed by atoms with Gasteiger partial charge in [0.1, 0.15) is 11.9 Å². The van der Waals surface area contributed by atoms with Crippen LogP contribution in [0.15, 0.2) is 24.3 Å². The molecule has 2 nitrogen and oxygen atoms in total. The number of fused-ring (bicyclic) bond motifs is 1. The molecular weight excluding hydrogens is 188 g/mol. The number of benzene rings is 1. The molecule has 1 N–H and O–H groups in total. The van der Waals surface area contributed by atoms with Gasteiger partial charge in [-0.25, -0.2) is 0 Å². The highest BCUT2D eigenvalue weighted by molar-refractivity contribution is 5.35. The highest BCUT2D eigenvalue weighted by Gasteiger charge is 2.25. The molecule has 0 aliphatic carbocycles. The van der Waals surface area contributed by atoms with Crippen LogP contribution in [-0.4, -0.2) is 17.3 Å². The van der Waals surface area contributed by atoms with Crippen LogP contribution in [0.2, 0.25) is 0 Å². The van der Waals surface area contributed by atoms with Crippen LogP contribution in [-0.2, 0) is 6.42 Å². The smallest absolute Gasteiger partial charge is 0.125 e. The molecule has 15 heavy (non-hydrogen) atoms. The van der Waals surface area contributed by atoms with E-state index in [1.807, 2.05) is 18.2 Å². The van der Waals surface area contributed by atoms with Crippen LogP contribution in [0.5, 0.6) is 5.75 Å². The molecule has 0 fully saturated rings. The van der Waals surface area contributed by atoms with Gasteiger partial charge < -0.3 is 9.84 Å².